The van der Waals surface area contributed by atoms with Crippen LogP contribution >= 0.6 is 0 Å². The molecule has 0 atom stereocenters. The van der Waals surface area contributed by atoms with Crippen molar-refractivity contribution in [3.63, 3.8) is 0 Å². The highest BCUT2D eigenvalue weighted by atomic mass is 16.5. The first-order valence-electron chi connectivity index (χ1n) is 6.99. The van der Waals surface area contributed by atoms with Crippen molar-refractivity contribution in [2.45, 2.75) is 27.2 Å². The summed E-state index contributed by atoms with van der Waals surface area (Å²) < 4.78 is 5.32. The maximum Gasteiger partial charge on any atom is 0.164 e. The molecule has 1 saturated heterocycles. The van der Waals surface area contributed by atoms with Gasteiger partial charge < -0.3 is 4.74 Å². The van der Waals surface area contributed by atoms with Crippen molar-refractivity contribution >= 4 is 5.78 Å². The van der Waals surface area contributed by atoms with Gasteiger partial charge in [0, 0.05) is 31.6 Å². The summed E-state index contributed by atoms with van der Waals surface area (Å²) in [6.45, 7) is 10.4. The lowest BCUT2D eigenvalue weighted by Crippen LogP contribution is -2.37. The Morgan fingerprint density at radius 3 is 2.32 bits per heavy atom. The zero-order chi connectivity index (χ0) is 13.8. The SMILES string of the molecule is Cc1cc(C)c(C(=O)CCN2CCOCC2)c(C)c1. The minimum Gasteiger partial charge on any atom is -0.379 e. The molecule has 0 unspecified atom stereocenters. The highest BCUT2D eigenvalue weighted by Gasteiger charge is 2.16. The number of ether oxygens (including phenoxy) is 1. The Morgan fingerprint density at radius 2 is 1.74 bits per heavy atom. The molecule has 0 spiro atoms. The Hall–Kier alpha value is -1.19. The number of carbonyl (C=O) groups is 1. The van der Waals surface area contributed by atoms with E-state index in [-0.39, 0.29) is 5.78 Å². The lowest BCUT2D eigenvalue weighted by Gasteiger charge is -2.26. The van der Waals surface area contributed by atoms with Gasteiger partial charge in [0.1, 0.15) is 0 Å². The van der Waals surface area contributed by atoms with Crippen molar-refractivity contribution in [1.29, 1.82) is 0 Å². The van der Waals surface area contributed by atoms with Crippen LogP contribution in [0, 0.1) is 20.8 Å². The molecule has 104 valence electrons. The summed E-state index contributed by atoms with van der Waals surface area (Å²) in [6.07, 6.45) is 0.602. The predicted octanol–water partition coefficient (Wildman–Crippen LogP) is 2.52. The van der Waals surface area contributed by atoms with E-state index in [4.69, 9.17) is 4.74 Å². The molecular formula is C16H23NO2. The van der Waals surface area contributed by atoms with Gasteiger partial charge in [-0.1, -0.05) is 17.7 Å². The van der Waals surface area contributed by atoms with Crippen LogP contribution in [0.2, 0.25) is 0 Å². The topological polar surface area (TPSA) is 29.5 Å². The van der Waals surface area contributed by atoms with Crippen LogP contribution < -0.4 is 0 Å². The van der Waals surface area contributed by atoms with Crippen LogP contribution in [-0.2, 0) is 4.74 Å². The van der Waals surface area contributed by atoms with E-state index in [1.165, 1.54) is 5.56 Å². The molecule has 0 N–H and O–H groups in total. The molecule has 1 aliphatic rings. The van der Waals surface area contributed by atoms with Crippen molar-refractivity contribution < 1.29 is 9.53 Å². The third kappa shape index (κ3) is 3.64. The van der Waals surface area contributed by atoms with Crippen LogP contribution in [0.4, 0.5) is 0 Å². The van der Waals surface area contributed by atoms with Gasteiger partial charge in [-0.15, -0.1) is 0 Å². The molecule has 2 rings (SSSR count). The molecule has 3 heteroatoms. The number of rotatable bonds is 4. The Morgan fingerprint density at radius 1 is 1.16 bits per heavy atom. The van der Waals surface area contributed by atoms with Crippen molar-refractivity contribution in [3.8, 4) is 0 Å². The molecule has 3 nitrogen and oxygen atoms in total. The summed E-state index contributed by atoms with van der Waals surface area (Å²) in [5.41, 5.74) is 4.34. The van der Waals surface area contributed by atoms with E-state index >= 15 is 0 Å². The largest absolute Gasteiger partial charge is 0.379 e. The fraction of sp³-hybridized carbons (Fsp3) is 0.562. The number of hydrogen-bond donors (Lipinski definition) is 0. The summed E-state index contributed by atoms with van der Waals surface area (Å²) in [6, 6.07) is 4.18. The molecule has 19 heavy (non-hydrogen) atoms. The second-order valence-electron chi connectivity index (χ2n) is 5.40. The molecule has 1 aromatic carbocycles. The van der Waals surface area contributed by atoms with Crippen LogP contribution in [-0.4, -0.2) is 43.5 Å². The Labute approximate surface area is 115 Å². The molecule has 0 bridgehead atoms. The zero-order valence-electron chi connectivity index (χ0n) is 12.2. The molecule has 0 aromatic heterocycles. The van der Waals surface area contributed by atoms with E-state index in [0.717, 1.165) is 49.5 Å². The van der Waals surface area contributed by atoms with Gasteiger partial charge in [0.2, 0.25) is 0 Å². The molecule has 1 aromatic rings. The van der Waals surface area contributed by atoms with E-state index in [1.807, 2.05) is 13.8 Å². The Kier molecular flexibility index (Phi) is 4.72. The summed E-state index contributed by atoms with van der Waals surface area (Å²) in [5, 5.41) is 0. The van der Waals surface area contributed by atoms with Crippen molar-refractivity contribution in [3.05, 3.63) is 34.4 Å². The predicted molar refractivity (Wildman–Crippen MR) is 76.9 cm³/mol. The fourth-order valence-corrected chi connectivity index (χ4v) is 2.83. The quantitative estimate of drug-likeness (QED) is 0.780. The standard InChI is InChI=1S/C16H23NO2/c1-12-10-13(2)16(14(3)11-12)15(18)4-5-17-6-8-19-9-7-17/h10-11H,4-9H2,1-3H3. The minimum atomic E-state index is 0.265. The average Bonchev–Trinajstić information content (AvgIpc) is 2.36. The molecular weight excluding hydrogens is 238 g/mol. The van der Waals surface area contributed by atoms with Gasteiger partial charge in [-0.25, -0.2) is 0 Å². The molecule has 1 aliphatic heterocycles. The molecule has 1 fully saturated rings. The lowest BCUT2D eigenvalue weighted by atomic mass is 9.95. The van der Waals surface area contributed by atoms with Gasteiger partial charge in [0.05, 0.1) is 13.2 Å². The normalized spacial score (nSPS) is 16.6. The van der Waals surface area contributed by atoms with E-state index in [1.54, 1.807) is 0 Å². The number of benzene rings is 1. The highest BCUT2D eigenvalue weighted by Crippen LogP contribution is 2.18. The van der Waals surface area contributed by atoms with Gasteiger partial charge in [0.15, 0.2) is 5.78 Å². The zero-order valence-corrected chi connectivity index (χ0v) is 12.2. The Bertz CT molecular complexity index is 439. The monoisotopic (exact) mass is 261 g/mol. The third-order valence-corrected chi connectivity index (χ3v) is 3.71. The molecule has 0 amide bonds. The van der Waals surface area contributed by atoms with Crippen LogP contribution in [0.15, 0.2) is 12.1 Å². The first-order valence-corrected chi connectivity index (χ1v) is 6.99. The van der Waals surface area contributed by atoms with Crippen LogP contribution in [0.25, 0.3) is 0 Å². The van der Waals surface area contributed by atoms with Gasteiger partial charge in [-0.2, -0.15) is 0 Å². The summed E-state index contributed by atoms with van der Waals surface area (Å²) >= 11 is 0. The first-order chi connectivity index (χ1) is 9.08. The van der Waals surface area contributed by atoms with E-state index < -0.39 is 0 Å². The molecule has 1 heterocycles. The second-order valence-corrected chi connectivity index (χ2v) is 5.40. The number of Topliss-reactive ketones (excluding diaryl/α,β-unsaturated/α-hetero) is 1. The average molecular weight is 261 g/mol. The number of morpholine rings is 1. The van der Waals surface area contributed by atoms with Gasteiger partial charge >= 0.3 is 0 Å². The number of carbonyl (C=O) groups excluding carboxylic acids is 1. The van der Waals surface area contributed by atoms with Crippen LogP contribution in [0.3, 0.4) is 0 Å². The van der Waals surface area contributed by atoms with Gasteiger partial charge in [-0.3, -0.25) is 9.69 Å². The smallest absolute Gasteiger partial charge is 0.164 e. The first kappa shape index (κ1) is 14.2. The maximum atomic E-state index is 12.4. The highest BCUT2D eigenvalue weighted by molar-refractivity contribution is 5.99. The second kappa shape index (κ2) is 6.31. The summed E-state index contributed by atoms with van der Waals surface area (Å²) in [4.78, 5) is 14.7. The summed E-state index contributed by atoms with van der Waals surface area (Å²) in [7, 11) is 0. The summed E-state index contributed by atoms with van der Waals surface area (Å²) in [5.74, 6) is 0.265. The third-order valence-electron chi connectivity index (χ3n) is 3.71. The number of hydrogen-bond acceptors (Lipinski definition) is 3. The van der Waals surface area contributed by atoms with Crippen molar-refractivity contribution in [2.24, 2.45) is 0 Å². The molecule has 0 saturated carbocycles. The Balaban J connectivity index is 1.99. The van der Waals surface area contributed by atoms with Gasteiger partial charge in [-0.05, 0) is 31.9 Å². The van der Waals surface area contributed by atoms with Crippen molar-refractivity contribution in [1.82, 2.24) is 4.90 Å². The van der Waals surface area contributed by atoms with E-state index in [2.05, 4.69) is 24.0 Å². The van der Waals surface area contributed by atoms with Crippen LogP contribution in [0.5, 0.6) is 0 Å². The van der Waals surface area contributed by atoms with E-state index in [0.29, 0.717) is 6.42 Å². The minimum absolute atomic E-state index is 0.265. The number of nitrogens with zero attached hydrogens (tertiary/aromatic N) is 1. The van der Waals surface area contributed by atoms with Crippen molar-refractivity contribution in [2.75, 3.05) is 32.8 Å². The number of aryl methyl sites for hydroxylation is 3. The molecule has 0 radical (unpaired) electrons. The lowest BCUT2D eigenvalue weighted by molar-refractivity contribution is 0.0370. The number of ketones is 1. The maximum absolute atomic E-state index is 12.4. The van der Waals surface area contributed by atoms with Crippen LogP contribution in [0.1, 0.15) is 33.5 Å². The van der Waals surface area contributed by atoms with Gasteiger partial charge in [0.25, 0.3) is 0 Å². The molecule has 0 aliphatic carbocycles. The van der Waals surface area contributed by atoms with E-state index in [9.17, 15) is 4.79 Å². The fourth-order valence-electron chi connectivity index (χ4n) is 2.83.